The van der Waals surface area contributed by atoms with Crippen LogP contribution in [0, 0.1) is 5.82 Å². The summed E-state index contributed by atoms with van der Waals surface area (Å²) in [4.78, 5) is 11.7. The van der Waals surface area contributed by atoms with E-state index in [-0.39, 0.29) is 11.7 Å². The Morgan fingerprint density at radius 1 is 1.45 bits per heavy atom. The van der Waals surface area contributed by atoms with E-state index in [2.05, 4.69) is 5.32 Å². The Kier molecular flexibility index (Phi) is 6.45. The first-order valence-electron chi connectivity index (χ1n) is 6.87. The van der Waals surface area contributed by atoms with Gasteiger partial charge >= 0.3 is 0 Å². The third kappa shape index (κ3) is 4.81. The van der Waals surface area contributed by atoms with Crippen LogP contribution in [0.1, 0.15) is 45.3 Å². The molecule has 1 rings (SSSR count). The molecule has 0 spiro atoms. The summed E-state index contributed by atoms with van der Waals surface area (Å²) in [6.07, 6.45) is 0.382. The fraction of sp³-hybridized carbons (Fsp3) is 0.533. The maximum absolute atomic E-state index is 13.8. The summed E-state index contributed by atoms with van der Waals surface area (Å²) >= 11 is 0. The first kappa shape index (κ1) is 16.4. The SMILES string of the molecule is CCCCNC(=O)C(C)Oc1ccc(C(C)O)cc1F. The fourth-order valence-corrected chi connectivity index (χ4v) is 1.65. The lowest BCUT2D eigenvalue weighted by atomic mass is 10.1. The van der Waals surface area contributed by atoms with Crippen LogP contribution in [0.4, 0.5) is 4.39 Å². The van der Waals surface area contributed by atoms with E-state index in [1.54, 1.807) is 19.9 Å². The molecule has 1 aromatic rings. The zero-order chi connectivity index (χ0) is 15.1. The van der Waals surface area contributed by atoms with E-state index in [0.717, 1.165) is 12.8 Å². The van der Waals surface area contributed by atoms with Crippen LogP contribution in [0.3, 0.4) is 0 Å². The summed E-state index contributed by atoms with van der Waals surface area (Å²) < 4.78 is 19.1. The van der Waals surface area contributed by atoms with Gasteiger partial charge in [0.1, 0.15) is 0 Å². The molecule has 0 bridgehead atoms. The Balaban J connectivity index is 2.61. The van der Waals surface area contributed by atoms with Crippen molar-refractivity contribution in [1.29, 1.82) is 0 Å². The van der Waals surface area contributed by atoms with Crippen LogP contribution in [0.25, 0.3) is 0 Å². The molecule has 0 fully saturated rings. The van der Waals surface area contributed by atoms with E-state index >= 15 is 0 Å². The molecular formula is C15H22FNO3. The number of carbonyl (C=O) groups excluding carboxylic acids is 1. The molecular weight excluding hydrogens is 261 g/mol. The average molecular weight is 283 g/mol. The van der Waals surface area contributed by atoms with Gasteiger partial charge in [0.25, 0.3) is 5.91 Å². The highest BCUT2D eigenvalue weighted by atomic mass is 19.1. The lowest BCUT2D eigenvalue weighted by Gasteiger charge is -2.16. The quantitative estimate of drug-likeness (QED) is 0.756. The number of halogens is 1. The van der Waals surface area contributed by atoms with Gasteiger partial charge in [-0.25, -0.2) is 4.39 Å². The predicted molar refractivity (Wildman–Crippen MR) is 75.0 cm³/mol. The maximum Gasteiger partial charge on any atom is 0.260 e. The number of hydrogen-bond acceptors (Lipinski definition) is 3. The molecule has 4 nitrogen and oxygen atoms in total. The highest BCUT2D eigenvalue weighted by Crippen LogP contribution is 2.22. The van der Waals surface area contributed by atoms with Gasteiger partial charge in [0.05, 0.1) is 6.10 Å². The number of ether oxygens (including phenoxy) is 1. The third-order valence-corrected chi connectivity index (χ3v) is 2.94. The molecule has 2 atom stereocenters. The van der Waals surface area contributed by atoms with Gasteiger partial charge in [0, 0.05) is 6.54 Å². The van der Waals surface area contributed by atoms with Gasteiger partial charge in [0.15, 0.2) is 17.7 Å². The van der Waals surface area contributed by atoms with Crippen molar-refractivity contribution in [2.75, 3.05) is 6.54 Å². The van der Waals surface area contributed by atoms with Crippen molar-refractivity contribution in [3.63, 3.8) is 0 Å². The van der Waals surface area contributed by atoms with Crippen LogP contribution in [0.15, 0.2) is 18.2 Å². The molecule has 0 saturated carbocycles. The Labute approximate surface area is 119 Å². The number of aliphatic hydroxyl groups excluding tert-OH is 1. The van der Waals surface area contributed by atoms with E-state index in [0.29, 0.717) is 12.1 Å². The second-order valence-corrected chi connectivity index (χ2v) is 4.77. The Morgan fingerprint density at radius 3 is 2.70 bits per heavy atom. The van der Waals surface area contributed by atoms with Crippen molar-refractivity contribution < 1.29 is 19.0 Å². The van der Waals surface area contributed by atoms with Crippen molar-refractivity contribution >= 4 is 5.91 Å². The Bertz CT molecular complexity index is 449. The maximum atomic E-state index is 13.8. The van der Waals surface area contributed by atoms with E-state index in [4.69, 9.17) is 4.74 Å². The van der Waals surface area contributed by atoms with E-state index in [1.165, 1.54) is 12.1 Å². The summed E-state index contributed by atoms with van der Waals surface area (Å²) in [6, 6.07) is 4.21. The number of carbonyl (C=O) groups is 1. The lowest BCUT2D eigenvalue weighted by Crippen LogP contribution is -2.36. The number of amides is 1. The molecule has 1 amide bonds. The number of unbranched alkanes of at least 4 members (excludes halogenated alkanes) is 1. The van der Waals surface area contributed by atoms with Crippen molar-refractivity contribution in [1.82, 2.24) is 5.32 Å². The van der Waals surface area contributed by atoms with Crippen LogP contribution in [0.5, 0.6) is 5.75 Å². The van der Waals surface area contributed by atoms with E-state index < -0.39 is 18.0 Å². The Morgan fingerprint density at radius 2 is 2.15 bits per heavy atom. The highest BCUT2D eigenvalue weighted by Gasteiger charge is 2.16. The van der Waals surface area contributed by atoms with Crippen molar-refractivity contribution in [3.8, 4) is 5.75 Å². The van der Waals surface area contributed by atoms with Crippen LogP contribution < -0.4 is 10.1 Å². The molecule has 0 aliphatic rings. The average Bonchev–Trinajstić information content (AvgIpc) is 2.40. The van der Waals surface area contributed by atoms with Gasteiger partial charge in [-0.2, -0.15) is 0 Å². The number of nitrogens with one attached hydrogen (secondary N) is 1. The van der Waals surface area contributed by atoms with Crippen molar-refractivity contribution in [2.45, 2.75) is 45.8 Å². The molecule has 0 radical (unpaired) electrons. The minimum Gasteiger partial charge on any atom is -0.478 e. The van der Waals surface area contributed by atoms with Gasteiger partial charge < -0.3 is 15.2 Å². The zero-order valence-electron chi connectivity index (χ0n) is 12.1. The van der Waals surface area contributed by atoms with Gasteiger partial charge in [0.2, 0.25) is 0 Å². The molecule has 0 aliphatic heterocycles. The number of aliphatic hydroxyl groups is 1. The first-order chi connectivity index (χ1) is 9.45. The zero-order valence-corrected chi connectivity index (χ0v) is 12.1. The first-order valence-corrected chi connectivity index (χ1v) is 6.87. The van der Waals surface area contributed by atoms with Gasteiger partial charge in [-0.1, -0.05) is 19.4 Å². The molecule has 0 aromatic heterocycles. The second kappa shape index (κ2) is 7.85. The highest BCUT2D eigenvalue weighted by molar-refractivity contribution is 5.80. The molecule has 5 heteroatoms. The standard InChI is InChI=1S/C15H22FNO3/c1-4-5-8-17-15(19)11(3)20-14-7-6-12(10(2)18)9-13(14)16/h6-7,9-11,18H,4-5,8H2,1-3H3,(H,17,19). The third-order valence-electron chi connectivity index (χ3n) is 2.94. The van der Waals surface area contributed by atoms with E-state index in [9.17, 15) is 14.3 Å². The summed E-state index contributed by atoms with van der Waals surface area (Å²) in [5.74, 6) is -0.846. The van der Waals surface area contributed by atoms with Gasteiger partial charge in [-0.3, -0.25) is 4.79 Å². The Hall–Kier alpha value is -1.62. The van der Waals surface area contributed by atoms with Crippen molar-refractivity contribution in [3.05, 3.63) is 29.6 Å². The molecule has 2 unspecified atom stereocenters. The summed E-state index contributed by atoms with van der Waals surface area (Å²) in [5.41, 5.74) is 0.468. The molecule has 2 N–H and O–H groups in total. The van der Waals surface area contributed by atoms with Crippen LogP contribution in [-0.4, -0.2) is 23.7 Å². The molecule has 0 saturated heterocycles. The molecule has 112 valence electrons. The van der Waals surface area contributed by atoms with Crippen molar-refractivity contribution in [2.24, 2.45) is 0 Å². The normalized spacial score (nSPS) is 13.7. The largest absolute Gasteiger partial charge is 0.478 e. The fourth-order valence-electron chi connectivity index (χ4n) is 1.65. The molecule has 0 aliphatic carbocycles. The van der Waals surface area contributed by atoms with Crippen LogP contribution in [0.2, 0.25) is 0 Å². The lowest BCUT2D eigenvalue weighted by molar-refractivity contribution is -0.127. The number of hydrogen-bond donors (Lipinski definition) is 2. The van der Waals surface area contributed by atoms with Crippen LogP contribution >= 0.6 is 0 Å². The van der Waals surface area contributed by atoms with Gasteiger partial charge in [-0.05, 0) is 38.0 Å². The second-order valence-electron chi connectivity index (χ2n) is 4.77. The molecule has 0 heterocycles. The monoisotopic (exact) mass is 283 g/mol. The number of rotatable bonds is 7. The molecule has 1 aromatic carbocycles. The minimum atomic E-state index is -0.765. The van der Waals surface area contributed by atoms with E-state index in [1.807, 2.05) is 6.92 Å². The minimum absolute atomic E-state index is 0.00698. The predicted octanol–water partition coefficient (Wildman–Crippen LogP) is 2.56. The molecule has 20 heavy (non-hydrogen) atoms. The summed E-state index contributed by atoms with van der Waals surface area (Å²) in [5, 5.41) is 12.1. The summed E-state index contributed by atoms with van der Waals surface area (Å²) in [6.45, 7) is 5.75. The topological polar surface area (TPSA) is 58.6 Å². The van der Waals surface area contributed by atoms with Crippen LogP contribution in [-0.2, 0) is 4.79 Å². The summed E-state index contributed by atoms with van der Waals surface area (Å²) in [7, 11) is 0. The smallest absolute Gasteiger partial charge is 0.260 e. The van der Waals surface area contributed by atoms with Gasteiger partial charge in [-0.15, -0.1) is 0 Å². The number of benzene rings is 1.